The topological polar surface area (TPSA) is 86.5 Å². The predicted molar refractivity (Wildman–Crippen MR) is 130 cm³/mol. The number of anilines is 1. The summed E-state index contributed by atoms with van der Waals surface area (Å²) in [6.45, 7) is 2.35. The average molecular weight is 458 g/mol. The highest BCUT2D eigenvalue weighted by Crippen LogP contribution is 2.20. The van der Waals surface area contributed by atoms with Gasteiger partial charge in [-0.3, -0.25) is 4.79 Å². The minimum absolute atomic E-state index is 0.0976. The molecule has 0 fully saturated rings. The molecule has 0 spiro atoms. The van der Waals surface area contributed by atoms with E-state index in [0.29, 0.717) is 17.4 Å². The Labute approximate surface area is 198 Å². The number of aromatic nitrogens is 2. The van der Waals surface area contributed by atoms with Crippen LogP contribution in [-0.2, 0) is 24.2 Å². The summed E-state index contributed by atoms with van der Waals surface area (Å²) in [4.78, 5) is 16.7. The first-order valence-corrected chi connectivity index (χ1v) is 11.2. The highest BCUT2D eigenvalue weighted by molar-refractivity contribution is 5.92. The van der Waals surface area contributed by atoms with Crippen LogP contribution in [0, 0.1) is 0 Å². The summed E-state index contributed by atoms with van der Waals surface area (Å²) in [7, 11) is 1.61. The molecule has 0 bridgehead atoms. The van der Waals surface area contributed by atoms with E-state index in [2.05, 4.69) is 34.5 Å². The quantitative estimate of drug-likeness (QED) is 0.340. The van der Waals surface area contributed by atoms with Gasteiger partial charge in [0.15, 0.2) is 6.61 Å². The van der Waals surface area contributed by atoms with Crippen molar-refractivity contribution in [2.75, 3.05) is 12.4 Å². The fraction of sp³-hybridized carbons (Fsp3) is 0.222. The molecule has 1 heterocycles. The van der Waals surface area contributed by atoms with Crippen molar-refractivity contribution < 1.29 is 18.8 Å². The van der Waals surface area contributed by atoms with Gasteiger partial charge in [0.05, 0.1) is 13.5 Å². The van der Waals surface area contributed by atoms with E-state index in [4.69, 9.17) is 14.0 Å². The van der Waals surface area contributed by atoms with Crippen molar-refractivity contribution in [1.82, 2.24) is 10.1 Å². The van der Waals surface area contributed by atoms with Gasteiger partial charge in [-0.2, -0.15) is 4.98 Å². The standard InChI is InChI=1S/C27H27N3O4/c1-3-4-19-5-15-24(16-6-19)33-18-26-29-27(30-34-26)21-9-11-22(12-10-21)28-25(31)17-20-7-13-23(32-2)14-8-20/h5-16H,3-4,17-18H2,1-2H3,(H,28,31). The fourth-order valence-corrected chi connectivity index (χ4v) is 3.45. The Hall–Kier alpha value is -4.13. The van der Waals surface area contributed by atoms with Crippen LogP contribution in [0.25, 0.3) is 11.4 Å². The molecular formula is C27H27N3O4. The van der Waals surface area contributed by atoms with Crippen molar-refractivity contribution in [2.24, 2.45) is 0 Å². The fourth-order valence-electron chi connectivity index (χ4n) is 3.45. The van der Waals surface area contributed by atoms with Crippen LogP contribution >= 0.6 is 0 Å². The molecule has 4 rings (SSSR count). The molecule has 1 amide bonds. The molecule has 34 heavy (non-hydrogen) atoms. The SMILES string of the molecule is CCCc1ccc(OCc2nc(-c3ccc(NC(=O)Cc4ccc(OC)cc4)cc3)no2)cc1. The molecule has 7 heteroatoms. The number of methoxy groups -OCH3 is 1. The van der Waals surface area contributed by atoms with Crippen LogP contribution < -0.4 is 14.8 Å². The molecule has 0 aliphatic carbocycles. The van der Waals surface area contributed by atoms with Gasteiger partial charge in [-0.05, 0) is 66.1 Å². The van der Waals surface area contributed by atoms with Crippen LogP contribution in [0.4, 0.5) is 5.69 Å². The monoisotopic (exact) mass is 457 g/mol. The third-order valence-electron chi connectivity index (χ3n) is 5.24. The summed E-state index contributed by atoms with van der Waals surface area (Å²) in [5.74, 6) is 2.28. The number of ether oxygens (including phenoxy) is 2. The second kappa shape index (κ2) is 11.1. The van der Waals surface area contributed by atoms with E-state index >= 15 is 0 Å². The highest BCUT2D eigenvalue weighted by Gasteiger charge is 2.10. The number of hydrogen-bond donors (Lipinski definition) is 1. The zero-order valence-electron chi connectivity index (χ0n) is 19.3. The number of nitrogens with zero attached hydrogens (tertiary/aromatic N) is 2. The van der Waals surface area contributed by atoms with Crippen LogP contribution in [0.3, 0.4) is 0 Å². The van der Waals surface area contributed by atoms with E-state index < -0.39 is 0 Å². The number of carbonyl (C=O) groups is 1. The second-order valence-electron chi connectivity index (χ2n) is 7.84. The molecule has 0 radical (unpaired) electrons. The Morgan fingerprint density at radius 2 is 1.59 bits per heavy atom. The van der Waals surface area contributed by atoms with E-state index in [1.165, 1.54) is 5.56 Å². The third kappa shape index (κ3) is 6.22. The lowest BCUT2D eigenvalue weighted by Crippen LogP contribution is -2.14. The Bertz CT molecular complexity index is 1200. The average Bonchev–Trinajstić information content (AvgIpc) is 3.34. The Morgan fingerprint density at radius 3 is 2.26 bits per heavy atom. The van der Waals surface area contributed by atoms with E-state index in [9.17, 15) is 4.79 Å². The molecule has 3 aromatic carbocycles. The van der Waals surface area contributed by atoms with E-state index in [-0.39, 0.29) is 18.9 Å². The molecule has 0 aliphatic rings. The largest absolute Gasteiger partial charge is 0.497 e. The van der Waals surface area contributed by atoms with E-state index in [1.807, 2.05) is 60.7 Å². The van der Waals surface area contributed by atoms with Crippen LogP contribution in [0.15, 0.2) is 77.3 Å². The molecule has 1 aromatic heterocycles. The summed E-state index contributed by atoms with van der Waals surface area (Å²) in [6.07, 6.45) is 2.45. The minimum Gasteiger partial charge on any atom is -0.497 e. The van der Waals surface area contributed by atoms with Crippen LogP contribution in [0.5, 0.6) is 11.5 Å². The molecule has 7 nitrogen and oxygen atoms in total. The molecule has 0 unspecified atom stereocenters. The van der Waals surface area contributed by atoms with Crippen molar-refractivity contribution >= 4 is 11.6 Å². The van der Waals surface area contributed by atoms with Crippen LogP contribution in [0.1, 0.15) is 30.4 Å². The number of carbonyl (C=O) groups excluding carboxylic acids is 1. The lowest BCUT2D eigenvalue weighted by Gasteiger charge is -2.06. The zero-order chi connectivity index (χ0) is 23.8. The van der Waals surface area contributed by atoms with Gasteiger partial charge in [-0.1, -0.05) is 42.8 Å². The Morgan fingerprint density at radius 1 is 0.912 bits per heavy atom. The van der Waals surface area contributed by atoms with Crippen LogP contribution in [-0.4, -0.2) is 23.2 Å². The van der Waals surface area contributed by atoms with Crippen molar-refractivity contribution in [2.45, 2.75) is 32.8 Å². The van der Waals surface area contributed by atoms with E-state index in [0.717, 1.165) is 35.5 Å². The number of nitrogens with one attached hydrogen (secondary N) is 1. The molecule has 0 saturated carbocycles. The zero-order valence-corrected chi connectivity index (χ0v) is 19.3. The molecule has 4 aromatic rings. The van der Waals surface area contributed by atoms with Crippen LogP contribution in [0.2, 0.25) is 0 Å². The second-order valence-corrected chi connectivity index (χ2v) is 7.84. The number of aryl methyl sites for hydroxylation is 1. The highest BCUT2D eigenvalue weighted by atomic mass is 16.5. The van der Waals surface area contributed by atoms with Gasteiger partial charge < -0.3 is 19.3 Å². The summed E-state index contributed by atoms with van der Waals surface area (Å²) >= 11 is 0. The Kier molecular flexibility index (Phi) is 7.55. The first kappa shape index (κ1) is 23.0. The molecule has 1 N–H and O–H groups in total. The molecule has 0 saturated heterocycles. The summed E-state index contributed by atoms with van der Waals surface area (Å²) < 4.78 is 16.2. The molecule has 0 aliphatic heterocycles. The van der Waals surface area contributed by atoms with Gasteiger partial charge in [-0.25, -0.2) is 0 Å². The first-order valence-electron chi connectivity index (χ1n) is 11.2. The third-order valence-corrected chi connectivity index (χ3v) is 5.24. The molecular weight excluding hydrogens is 430 g/mol. The molecule has 174 valence electrons. The summed E-state index contributed by atoms with van der Waals surface area (Å²) in [5, 5.41) is 6.93. The number of amides is 1. The lowest BCUT2D eigenvalue weighted by molar-refractivity contribution is -0.115. The molecule has 0 atom stereocenters. The van der Waals surface area contributed by atoms with Crippen molar-refractivity contribution in [3.63, 3.8) is 0 Å². The number of rotatable bonds is 10. The number of benzene rings is 3. The van der Waals surface area contributed by atoms with Gasteiger partial charge in [0.2, 0.25) is 11.7 Å². The lowest BCUT2D eigenvalue weighted by atomic mass is 10.1. The summed E-state index contributed by atoms with van der Waals surface area (Å²) in [5.41, 5.74) is 3.68. The Balaban J connectivity index is 1.29. The smallest absolute Gasteiger partial charge is 0.264 e. The maximum Gasteiger partial charge on any atom is 0.264 e. The maximum absolute atomic E-state index is 12.3. The van der Waals surface area contributed by atoms with Gasteiger partial charge >= 0.3 is 0 Å². The predicted octanol–water partition coefficient (Wildman–Crippen LogP) is 5.46. The van der Waals surface area contributed by atoms with Gasteiger partial charge in [0.1, 0.15) is 11.5 Å². The first-order chi connectivity index (χ1) is 16.6. The summed E-state index contributed by atoms with van der Waals surface area (Å²) in [6, 6.07) is 22.8. The van der Waals surface area contributed by atoms with Crippen molar-refractivity contribution in [1.29, 1.82) is 0 Å². The van der Waals surface area contributed by atoms with E-state index in [1.54, 1.807) is 7.11 Å². The van der Waals surface area contributed by atoms with Crippen molar-refractivity contribution in [3.8, 4) is 22.9 Å². The number of hydrogen-bond acceptors (Lipinski definition) is 6. The minimum atomic E-state index is -0.0976. The normalized spacial score (nSPS) is 10.6. The maximum atomic E-state index is 12.3. The van der Waals surface area contributed by atoms with Crippen molar-refractivity contribution in [3.05, 3.63) is 89.8 Å². The van der Waals surface area contributed by atoms with Gasteiger partial charge in [-0.15, -0.1) is 0 Å². The van der Waals surface area contributed by atoms with Gasteiger partial charge in [0, 0.05) is 11.3 Å². The van der Waals surface area contributed by atoms with Gasteiger partial charge in [0.25, 0.3) is 5.89 Å².